The Labute approximate surface area is 238 Å². The molecule has 0 radical (unpaired) electrons. The number of aliphatic carboxylic acids is 1. The monoisotopic (exact) mass is 692 g/mol. The normalized spacial score (nSPS) is 11.4. The van der Waals surface area contributed by atoms with E-state index in [9.17, 15) is 28.8 Å². The summed E-state index contributed by atoms with van der Waals surface area (Å²) in [4.78, 5) is 76.4. The summed E-state index contributed by atoms with van der Waals surface area (Å²) in [6.45, 7) is 7.63. The Morgan fingerprint density at radius 1 is 0.842 bits per heavy atom. The van der Waals surface area contributed by atoms with E-state index in [0.717, 1.165) is 17.7 Å². The fourth-order valence-corrected chi connectivity index (χ4v) is 6.57. The third-order valence-electron chi connectivity index (χ3n) is 5.03. The van der Waals surface area contributed by atoms with Crippen LogP contribution in [0.1, 0.15) is 31.9 Å². The Balaban J connectivity index is 0.000000215. The highest BCUT2D eigenvalue weighted by molar-refractivity contribution is 9.11. The summed E-state index contributed by atoms with van der Waals surface area (Å²) in [5.41, 5.74) is -1.62. The maximum absolute atomic E-state index is 12.4. The number of rotatable bonds is 4. The maximum Gasteiger partial charge on any atom is 0.329 e. The molecule has 0 unspecified atom stereocenters. The highest BCUT2D eigenvalue weighted by Gasteiger charge is 2.20. The zero-order valence-electron chi connectivity index (χ0n) is 20.7. The van der Waals surface area contributed by atoms with E-state index in [1.807, 2.05) is 0 Å². The molecule has 0 aliphatic carbocycles. The number of carbonyl (C=O) groups excluding carboxylic acids is 1. The van der Waals surface area contributed by atoms with Crippen LogP contribution in [-0.4, -0.2) is 41.7 Å². The van der Waals surface area contributed by atoms with E-state index < -0.39 is 53.1 Å². The second kappa shape index (κ2) is 11.1. The van der Waals surface area contributed by atoms with Crippen molar-refractivity contribution in [1.29, 1.82) is 0 Å². The van der Waals surface area contributed by atoms with Crippen LogP contribution in [0.2, 0.25) is 0 Å². The van der Waals surface area contributed by atoms with Crippen LogP contribution >= 0.6 is 54.5 Å². The molecule has 3 N–H and O–H groups in total. The number of thiophene rings is 2. The van der Waals surface area contributed by atoms with Gasteiger partial charge in [-0.2, -0.15) is 0 Å². The molecule has 0 spiro atoms. The zero-order chi connectivity index (χ0) is 28.7. The lowest BCUT2D eigenvalue weighted by molar-refractivity contribution is -0.155. The second-order valence-corrected chi connectivity index (χ2v) is 13.7. The molecule has 4 aromatic heterocycles. The van der Waals surface area contributed by atoms with Crippen LogP contribution in [0.3, 0.4) is 0 Å². The van der Waals surface area contributed by atoms with Crippen molar-refractivity contribution in [2.24, 2.45) is 0 Å². The molecule has 16 heteroatoms. The molecule has 0 aliphatic heterocycles. The van der Waals surface area contributed by atoms with Gasteiger partial charge in [0.25, 0.3) is 11.1 Å². The second-order valence-electron chi connectivity index (χ2n) is 9.03. The van der Waals surface area contributed by atoms with Crippen molar-refractivity contribution in [3.05, 3.63) is 60.4 Å². The van der Waals surface area contributed by atoms with Crippen molar-refractivity contribution >= 4 is 86.9 Å². The van der Waals surface area contributed by atoms with Crippen LogP contribution in [0, 0.1) is 13.8 Å². The number of hydrogen-bond donors (Lipinski definition) is 3. The summed E-state index contributed by atoms with van der Waals surface area (Å²) >= 11 is 9.13. The fourth-order valence-electron chi connectivity index (χ4n) is 3.37. The smallest absolute Gasteiger partial charge is 0.329 e. The minimum absolute atomic E-state index is 0.350. The van der Waals surface area contributed by atoms with Gasteiger partial charge in [0.05, 0.1) is 18.3 Å². The molecule has 4 heterocycles. The molecule has 38 heavy (non-hydrogen) atoms. The Morgan fingerprint density at radius 3 is 1.61 bits per heavy atom. The number of carboxylic acids is 1. The summed E-state index contributed by atoms with van der Waals surface area (Å²) < 4.78 is 8.20. The molecular formula is C22H22Br2N4O8S2. The number of hydrogen-bond acceptors (Lipinski definition) is 9. The molecule has 4 rings (SSSR count). The molecule has 0 saturated carbocycles. The molecule has 0 atom stereocenters. The lowest BCUT2D eigenvalue weighted by Crippen LogP contribution is -2.39. The highest BCUT2D eigenvalue weighted by Crippen LogP contribution is 2.31. The van der Waals surface area contributed by atoms with Gasteiger partial charge in [0.1, 0.15) is 28.4 Å². The molecule has 0 aromatic carbocycles. The Bertz CT molecular complexity index is 1820. The molecule has 0 bridgehead atoms. The molecule has 0 aliphatic rings. The fraction of sp³-hybridized carbons (Fsp3) is 0.364. The summed E-state index contributed by atoms with van der Waals surface area (Å²) in [5.74, 6) is -1.86. The number of ether oxygens (including phenoxy) is 1. The summed E-state index contributed by atoms with van der Waals surface area (Å²) in [6, 6.07) is 0. The largest absolute Gasteiger partial charge is 0.480 e. The van der Waals surface area contributed by atoms with E-state index in [2.05, 4.69) is 41.8 Å². The number of esters is 1. The van der Waals surface area contributed by atoms with Crippen LogP contribution in [0.5, 0.6) is 0 Å². The van der Waals surface area contributed by atoms with Crippen molar-refractivity contribution < 1.29 is 19.4 Å². The first-order chi connectivity index (χ1) is 17.5. The van der Waals surface area contributed by atoms with Gasteiger partial charge in [0.15, 0.2) is 0 Å². The first-order valence-electron chi connectivity index (χ1n) is 10.8. The van der Waals surface area contributed by atoms with Gasteiger partial charge in [-0.15, -0.1) is 22.7 Å². The number of nitrogens with zero attached hydrogens (tertiary/aromatic N) is 2. The average molecular weight is 694 g/mol. The first-order valence-corrected chi connectivity index (χ1v) is 14.0. The van der Waals surface area contributed by atoms with Gasteiger partial charge in [-0.25, -0.2) is 18.7 Å². The number of halogens is 2. The van der Waals surface area contributed by atoms with E-state index >= 15 is 0 Å². The summed E-state index contributed by atoms with van der Waals surface area (Å²) in [7, 11) is 0. The number of carbonyl (C=O) groups is 2. The van der Waals surface area contributed by atoms with Gasteiger partial charge in [0, 0.05) is 0 Å². The van der Waals surface area contributed by atoms with Crippen LogP contribution in [0.4, 0.5) is 0 Å². The van der Waals surface area contributed by atoms with Gasteiger partial charge in [-0.05, 0) is 77.6 Å². The summed E-state index contributed by atoms with van der Waals surface area (Å²) in [6.07, 6.45) is 0. The first kappa shape index (κ1) is 29.7. The van der Waals surface area contributed by atoms with Crippen molar-refractivity contribution in [3.63, 3.8) is 0 Å². The molecule has 12 nitrogen and oxygen atoms in total. The molecular weight excluding hydrogens is 672 g/mol. The predicted octanol–water partition coefficient (Wildman–Crippen LogP) is 3.07. The summed E-state index contributed by atoms with van der Waals surface area (Å²) in [5, 5.41) is 9.41. The van der Waals surface area contributed by atoms with E-state index in [0.29, 0.717) is 30.6 Å². The number of nitrogens with one attached hydrogen (secondary N) is 2. The standard InChI is InChI=1S/C13H15BrN2O4S.C9H7BrN2O4S/c1-6-8-10(21-9(6)14)15-12(19)16(11(8)18)5-7(17)20-13(2,3)4;1-3-5-7(17-6(3)10)11-9(16)12(8(5)15)2-4(13)14/h5H2,1-4H3,(H,15,19);2H2,1H3,(H,11,16)(H,13,14). The van der Waals surface area contributed by atoms with Crippen LogP contribution < -0.4 is 22.5 Å². The van der Waals surface area contributed by atoms with Gasteiger partial charge < -0.3 is 9.84 Å². The van der Waals surface area contributed by atoms with Crippen molar-refractivity contribution in [1.82, 2.24) is 19.1 Å². The van der Waals surface area contributed by atoms with Gasteiger partial charge in [0.2, 0.25) is 0 Å². The van der Waals surface area contributed by atoms with Gasteiger partial charge in [-0.1, -0.05) is 0 Å². The number of H-pyrrole nitrogens is 2. The Morgan fingerprint density at radius 2 is 1.24 bits per heavy atom. The third kappa shape index (κ3) is 6.24. The quantitative estimate of drug-likeness (QED) is 0.274. The lowest BCUT2D eigenvalue weighted by atomic mass is 10.2. The molecule has 204 valence electrons. The number of aromatic amines is 2. The predicted molar refractivity (Wildman–Crippen MR) is 152 cm³/mol. The molecule has 0 fully saturated rings. The number of carboxylic acid groups (broad SMARTS) is 1. The molecule has 0 saturated heterocycles. The van der Waals surface area contributed by atoms with Crippen LogP contribution in [0.25, 0.3) is 20.4 Å². The number of fused-ring (bicyclic) bond motifs is 2. The van der Waals surface area contributed by atoms with E-state index in [-0.39, 0.29) is 0 Å². The molecule has 0 amide bonds. The SMILES string of the molecule is Cc1c(Br)sc2[nH]c(=O)n(CC(=O)O)c(=O)c12.Cc1c(Br)sc2[nH]c(=O)n(CC(=O)OC(C)(C)C)c(=O)c12. The highest BCUT2D eigenvalue weighted by atomic mass is 79.9. The zero-order valence-corrected chi connectivity index (χ0v) is 25.5. The van der Waals surface area contributed by atoms with Crippen molar-refractivity contribution in [2.75, 3.05) is 0 Å². The Kier molecular flexibility index (Phi) is 8.70. The van der Waals surface area contributed by atoms with E-state index in [4.69, 9.17) is 9.84 Å². The van der Waals surface area contributed by atoms with E-state index in [1.54, 1.807) is 34.6 Å². The van der Waals surface area contributed by atoms with Crippen molar-refractivity contribution in [2.45, 2.75) is 53.3 Å². The number of aryl methyl sites for hydroxylation is 2. The number of aromatic nitrogens is 4. The van der Waals surface area contributed by atoms with Crippen LogP contribution in [0.15, 0.2) is 26.8 Å². The Hall–Kier alpha value is -2.82. The molecule has 4 aromatic rings. The van der Waals surface area contributed by atoms with Crippen LogP contribution in [-0.2, 0) is 27.4 Å². The topological polar surface area (TPSA) is 173 Å². The lowest BCUT2D eigenvalue weighted by Gasteiger charge is -2.19. The maximum atomic E-state index is 12.4. The van der Waals surface area contributed by atoms with Crippen molar-refractivity contribution in [3.8, 4) is 0 Å². The minimum Gasteiger partial charge on any atom is -0.480 e. The minimum atomic E-state index is -1.23. The third-order valence-corrected chi connectivity index (χ3v) is 9.18. The van der Waals surface area contributed by atoms with E-state index in [1.165, 1.54) is 22.7 Å². The van der Waals surface area contributed by atoms with Gasteiger partial charge >= 0.3 is 23.3 Å². The van der Waals surface area contributed by atoms with Gasteiger partial charge in [-0.3, -0.25) is 29.1 Å². The average Bonchev–Trinajstić information content (AvgIpc) is 3.21.